The monoisotopic (exact) mass is 168 g/mol. The fourth-order valence-corrected chi connectivity index (χ4v) is 1.13. The molecule has 12 heavy (non-hydrogen) atoms. The van der Waals surface area contributed by atoms with Gasteiger partial charge in [-0.25, -0.2) is 10.4 Å². The summed E-state index contributed by atoms with van der Waals surface area (Å²) in [6, 6.07) is 2.44. The summed E-state index contributed by atoms with van der Waals surface area (Å²) in [6.07, 6.45) is 2.27. The minimum atomic E-state index is 0.296. The molecule has 0 fully saturated rings. The predicted octanol–water partition coefficient (Wildman–Crippen LogP) is 3.20. The van der Waals surface area contributed by atoms with Crippen LogP contribution in [0.3, 0.4) is 0 Å². The highest BCUT2D eigenvalue weighted by Gasteiger charge is 2.11. The first-order valence-corrected chi connectivity index (χ1v) is 4.69. The van der Waals surface area contributed by atoms with Crippen molar-refractivity contribution in [2.45, 2.75) is 46.6 Å². The van der Waals surface area contributed by atoms with Crippen LogP contribution in [0.4, 0.5) is 0 Å². The van der Waals surface area contributed by atoms with E-state index in [1.165, 1.54) is 6.42 Å². The van der Waals surface area contributed by atoms with Crippen LogP contribution in [0.1, 0.15) is 40.5 Å². The average Bonchev–Trinajstić information content (AvgIpc) is 1.96. The summed E-state index contributed by atoms with van der Waals surface area (Å²) in [7, 11) is 0. The molecule has 1 atom stereocenters. The van der Waals surface area contributed by atoms with Gasteiger partial charge in [0.05, 0.1) is 12.1 Å². The molecule has 1 unspecified atom stereocenters. The molecule has 0 amide bonds. The summed E-state index contributed by atoms with van der Waals surface area (Å²) in [5, 5.41) is 6.80. The first kappa shape index (κ1) is 11.4. The predicted molar refractivity (Wildman–Crippen MR) is 52.9 cm³/mol. The molecule has 0 rings (SSSR count). The molecule has 2 nitrogen and oxygen atoms in total. The van der Waals surface area contributed by atoms with E-state index in [1.54, 1.807) is 0 Å². The quantitative estimate of drug-likeness (QED) is 0.612. The Balaban J connectivity index is 3.87. The van der Waals surface area contributed by atoms with E-state index in [9.17, 15) is 0 Å². The van der Waals surface area contributed by atoms with E-state index >= 15 is 0 Å². The van der Waals surface area contributed by atoms with Gasteiger partial charge < -0.3 is 0 Å². The van der Waals surface area contributed by atoms with Gasteiger partial charge in [0.2, 0.25) is 0 Å². The summed E-state index contributed by atoms with van der Waals surface area (Å²) in [4.78, 5) is 4.01. The smallest absolute Gasteiger partial charge is 0.0864 e. The van der Waals surface area contributed by atoms with Gasteiger partial charge in [-0.05, 0) is 24.7 Å². The molecular weight excluding hydrogens is 148 g/mol. The second-order valence-corrected chi connectivity index (χ2v) is 4.02. The summed E-state index contributed by atoms with van der Waals surface area (Å²) in [6.45, 7) is 8.72. The lowest BCUT2D eigenvalue weighted by atomic mass is 9.96. The van der Waals surface area contributed by atoms with Crippen molar-refractivity contribution in [3.05, 3.63) is 0 Å². The van der Waals surface area contributed by atoms with E-state index in [1.807, 2.05) is 0 Å². The van der Waals surface area contributed by atoms with Gasteiger partial charge in [-0.15, -0.1) is 0 Å². The van der Waals surface area contributed by atoms with Gasteiger partial charge in [0.1, 0.15) is 0 Å². The highest BCUT2D eigenvalue weighted by molar-refractivity contribution is 5.36. The second-order valence-electron chi connectivity index (χ2n) is 4.02. The minimum Gasteiger partial charge on any atom is -0.242 e. The number of aliphatic imine (C=N–C) groups is 1. The number of nitrogens with zero attached hydrogens (tertiary/aromatic N) is 1. The van der Waals surface area contributed by atoms with Gasteiger partial charge in [0.15, 0.2) is 0 Å². The Hall–Kier alpha value is -0.620. The number of hydrogen-bond acceptors (Lipinski definition) is 2. The summed E-state index contributed by atoms with van der Waals surface area (Å²) in [5.41, 5.74) is 0. The third-order valence-electron chi connectivity index (χ3n) is 2.04. The van der Waals surface area contributed by atoms with Crippen LogP contribution in [-0.4, -0.2) is 12.1 Å². The summed E-state index contributed by atoms with van der Waals surface area (Å²) < 4.78 is 0. The van der Waals surface area contributed by atoms with Crippen LogP contribution >= 0.6 is 0 Å². The molecule has 0 aromatic heterocycles. The third kappa shape index (κ3) is 5.09. The Bertz CT molecular complexity index is 155. The highest BCUT2D eigenvalue weighted by atomic mass is 14.8. The second kappa shape index (κ2) is 5.96. The van der Waals surface area contributed by atoms with E-state index in [0.29, 0.717) is 12.0 Å². The zero-order valence-corrected chi connectivity index (χ0v) is 8.59. The van der Waals surface area contributed by atoms with Crippen molar-refractivity contribution in [2.75, 3.05) is 0 Å². The van der Waals surface area contributed by atoms with E-state index in [4.69, 9.17) is 5.41 Å². The lowest BCUT2D eigenvalue weighted by molar-refractivity contribution is 0.421. The third-order valence-corrected chi connectivity index (χ3v) is 2.04. The molecule has 0 saturated heterocycles. The molecule has 0 aromatic carbocycles. The van der Waals surface area contributed by atoms with Crippen molar-refractivity contribution in [2.24, 2.45) is 16.8 Å². The minimum absolute atomic E-state index is 0.296. The first-order valence-electron chi connectivity index (χ1n) is 4.69. The van der Waals surface area contributed by atoms with Crippen molar-refractivity contribution in [1.82, 2.24) is 0 Å². The Labute approximate surface area is 75.6 Å². The lowest BCUT2D eigenvalue weighted by Gasteiger charge is -2.15. The average molecular weight is 168 g/mol. The largest absolute Gasteiger partial charge is 0.242 e. The maximum atomic E-state index is 6.80. The van der Waals surface area contributed by atoms with E-state index in [2.05, 4.69) is 38.7 Å². The Morgan fingerprint density at radius 2 is 1.75 bits per heavy atom. The Kier molecular flexibility index (Phi) is 5.65. The molecule has 0 aromatic rings. The van der Waals surface area contributed by atoms with Crippen LogP contribution in [0.2, 0.25) is 0 Å². The van der Waals surface area contributed by atoms with Gasteiger partial charge in [0.25, 0.3) is 0 Å². The van der Waals surface area contributed by atoms with E-state index < -0.39 is 0 Å². The lowest BCUT2D eigenvalue weighted by Crippen LogP contribution is -2.13. The molecule has 0 radical (unpaired) electrons. The van der Waals surface area contributed by atoms with Crippen molar-refractivity contribution in [3.8, 4) is 0 Å². The van der Waals surface area contributed by atoms with Gasteiger partial charge in [-0.1, -0.05) is 27.7 Å². The van der Waals surface area contributed by atoms with Crippen molar-refractivity contribution in [1.29, 1.82) is 5.41 Å². The molecule has 1 N–H and O–H groups in total. The number of nitrogens with one attached hydrogen (secondary N) is 1. The summed E-state index contributed by atoms with van der Waals surface area (Å²) in [5.74, 6) is 1.26. The normalized spacial score (nSPS) is 13.2. The van der Waals surface area contributed by atoms with Crippen molar-refractivity contribution < 1.29 is 0 Å². The van der Waals surface area contributed by atoms with Gasteiger partial charge >= 0.3 is 0 Å². The first-order chi connectivity index (χ1) is 5.57. The molecule has 0 aliphatic carbocycles. The zero-order valence-electron chi connectivity index (χ0n) is 8.59. The topological polar surface area (TPSA) is 36.2 Å². The van der Waals surface area contributed by atoms with Crippen LogP contribution < -0.4 is 0 Å². The molecule has 0 saturated carbocycles. The van der Waals surface area contributed by atoms with Crippen LogP contribution in [0.5, 0.6) is 0 Å². The standard InChI is InChI=1S/C10H20N2/c1-8(2)5-6-10(9(3)4)12-7-11/h8-11H,5-6H2,1-4H3. The van der Waals surface area contributed by atoms with Crippen molar-refractivity contribution >= 4 is 6.01 Å². The zero-order chi connectivity index (χ0) is 9.56. The molecular formula is C10H20N2. The fraction of sp³-hybridized carbons (Fsp3) is 0.900. The summed E-state index contributed by atoms with van der Waals surface area (Å²) >= 11 is 0. The molecule has 0 aliphatic heterocycles. The number of rotatable bonds is 5. The van der Waals surface area contributed by atoms with Gasteiger partial charge in [0, 0.05) is 0 Å². The van der Waals surface area contributed by atoms with Crippen molar-refractivity contribution in [3.63, 3.8) is 0 Å². The molecule has 0 aliphatic rings. The molecule has 70 valence electrons. The Morgan fingerprint density at radius 3 is 2.08 bits per heavy atom. The number of hydrogen-bond donors (Lipinski definition) is 1. The Morgan fingerprint density at radius 1 is 1.17 bits per heavy atom. The van der Waals surface area contributed by atoms with Crippen LogP contribution in [0.25, 0.3) is 0 Å². The molecule has 2 heteroatoms. The van der Waals surface area contributed by atoms with Crippen LogP contribution in [-0.2, 0) is 0 Å². The molecule has 0 spiro atoms. The highest BCUT2D eigenvalue weighted by Crippen LogP contribution is 2.15. The van der Waals surface area contributed by atoms with Crippen LogP contribution in [0.15, 0.2) is 4.99 Å². The molecule has 0 heterocycles. The molecule has 0 bridgehead atoms. The maximum Gasteiger partial charge on any atom is 0.0864 e. The maximum absolute atomic E-state index is 6.80. The van der Waals surface area contributed by atoms with Gasteiger partial charge in [-0.2, -0.15) is 0 Å². The van der Waals surface area contributed by atoms with E-state index in [0.717, 1.165) is 12.3 Å². The fourth-order valence-electron chi connectivity index (χ4n) is 1.13. The van der Waals surface area contributed by atoms with Crippen LogP contribution in [0, 0.1) is 17.2 Å². The SMILES string of the molecule is CC(C)CCC(N=C=N)C(C)C. The van der Waals surface area contributed by atoms with Gasteiger partial charge in [-0.3, -0.25) is 0 Å². The van der Waals surface area contributed by atoms with E-state index in [-0.39, 0.29) is 0 Å².